The van der Waals surface area contributed by atoms with E-state index in [1.165, 1.54) is 5.56 Å². The first-order valence-corrected chi connectivity index (χ1v) is 10.1. The second-order valence-corrected chi connectivity index (χ2v) is 7.27. The number of hydrogen-bond donors (Lipinski definition) is 1. The molecule has 0 aliphatic heterocycles. The quantitative estimate of drug-likeness (QED) is 0.547. The molecule has 0 amide bonds. The summed E-state index contributed by atoms with van der Waals surface area (Å²) in [5.41, 5.74) is 13.1. The molecule has 0 aliphatic rings. The zero-order valence-electron chi connectivity index (χ0n) is 17.2. The van der Waals surface area contributed by atoms with E-state index in [0.29, 0.717) is 26.2 Å². The van der Waals surface area contributed by atoms with Crippen molar-refractivity contribution < 1.29 is 0 Å². The lowest BCUT2D eigenvalue weighted by Gasteiger charge is -2.11. The first-order chi connectivity index (χ1) is 14.1. The van der Waals surface area contributed by atoms with E-state index in [2.05, 4.69) is 47.9 Å². The molecule has 2 aromatic heterocycles. The number of imidazole rings is 2. The van der Waals surface area contributed by atoms with Gasteiger partial charge in [-0.05, 0) is 39.0 Å². The summed E-state index contributed by atoms with van der Waals surface area (Å²) in [6, 6.07) is 14.6. The van der Waals surface area contributed by atoms with Crippen LogP contribution >= 0.6 is 0 Å². The summed E-state index contributed by atoms with van der Waals surface area (Å²) in [5, 5.41) is 0. The van der Waals surface area contributed by atoms with Crippen molar-refractivity contribution >= 4 is 11.0 Å². The Hall–Kier alpha value is -3.12. The Kier molecular flexibility index (Phi) is 5.11. The van der Waals surface area contributed by atoms with E-state index in [4.69, 9.17) is 10.7 Å². The van der Waals surface area contributed by atoms with Gasteiger partial charge in [0.25, 0.3) is 0 Å². The molecule has 150 valence electrons. The molecule has 0 aliphatic carbocycles. The first kappa shape index (κ1) is 19.2. The van der Waals surface area contributed by atoms with Crippen molar-refractivity contribution in [2.45, 2.75) is 40.4 Å². The standard InChI is InChI=1S/C23H27N5O/c1-4-27-19-10-9-18(14-20(19)28(5-2)23(27)29)22-21(25-15-26(22)12-11-24)17-8-6-7-16(3)13-17/h6-10,13-15H,4-5,11-12,24H2,1-3H3. The van der Waals surface area contributed by atoms with Crippen LogP contribution in [0.3, 0.4) is 0 Å². The Balaban J connectivity index is 1.97. The van der Waals surface area contributed by atoms with Crippen LogP contribution in [0.25, 0.3) is 33.5 Å². The lowest BCUT2D eigenvalue weighted by atomic mass is 10.0. The van der Waals surface area contributed by atoms with Gasteiger partial charge in [0.1, 0.15) is 0 Å². The monoisotopic (exact) mass is 389 g/mol. The first-order valence-electron chi connectivity index (χ1n) is 10.1. The van der Waals surface area contributed by atoms with Crippen LogP contribution in [-0.2, 0) is 19.6 Å². The number of rotatable bonds is 6. The number of nitrogens with two attached hydrogens (primary N) is 1. The van der Waals surface area contributed by atoms with Crippen molar-refractivity contribution in [3.63, 3.8) is 0 Å². The van der Waals surface area contributed by atoms with Gasteiger partial charge >= 0.3 is 5.69 Å². The van der Waals surface area contributed by atoms with Crippen LogP contribution < -0.4 is 11.4 Å². The molecule has 0 bridgehead atoms. The maximum Gasteiger partial charge on any atom is 0.329 e. The molecule has 4 rings (SSSR count). The summed E-state index contributed by atoms with van der Waals surface area (Å²) in [4.78, 5) is 17.5. The molecule has 0 saturated carbocycles. The average Bonchev–Trinajstić information content (AvgIpc) is 3.25. The van der Waals surface area contributed by atoms with Crippen LogP contribution in [0, 0.1) is 6.92 Å². The van der Waals surface area contributed by atoms with E-state index in [9.17, 15) is 4.79 Å². The van der Waals surface area contributed by atoms with Crippen molar-refractivity contribution in [2.24, 2.45) is 5.73 Å². The molecule has 4 aromatic rings. The van der Waals surface area contributed by atoms with E-state index in [1.54, 1.807) is 0 Å². The fraction of sp³-hybridized carbons (Fsp3) is 0.304. The van der Waals surface area contributed by atoms with Crippen molar-refractivity contribution in [1.82, 2.24) is 18.7 Å². The summed E-state index contributed by atoms with van der Waals surface area (Å²) in [7, 11) is 0. The largest absolute Gasteiger partial charge is 0.329 e. The van der Waals surface area contributed by atoms with Crippen LogP contribution in [-0.4, -0.2) is 25.2 Å². The number of benzene rings is 2. The van der Waals surface area contributed by atoms with Crippen LogP contribution in [0.4, 0.5) is 0 Å². The van der Waals surface area contributed by atoms with Crippen LogP contribution in [0.2, 0.25) is 0 Å². The number of fused-ring (bicyclic) bond motifs is 1. The summed E-state index contributed by atoms with van der Waals surface area (Å²) in [6.45, 7) is 8.60. The average molecular weight is 390 g/mol. The SMILES string of the molecule is CCn1c(=O)n(CC)c2cc(-c3c(-c4cccc(C)c4)ncn3CCN)ccc21. The van der Waals surface area contributed by atoms with Gasteiger partial charge < -0.3 is 10.3 Å². The van der Waals surface area contributed by atoms with Gasteiger partial charge in [0, 0.05) is 37.3 Å². The highest BCUT2D eigenvalue weighted by molar-refractivity contribution is 5.86. The molecule has 0 saturated heterocycles. The molecule has 2 heterocycles. The second-order valence-electron chi connectivity index (χ2n) is 7.27. The second kappa shape index (κ2) is 7.72. The lowest BCUT2D eigenvalue weighted by Crippen LogP contribution is -2.23. The molecule has 0 radical (unpaired) electrons. The van der Waals surface area contributed by atoms with Gasteiger partial charge in [-0.3, -0.25) is 9.13 Å². The third-order valence-corrected chi connectivity index (χ3v) is 5.42. The zero-order valence-corrected chi connectivity index (χ0v) is 17.2. The maximum absolute atomic E-state index is 12.7. The minimum atomic E-state index is 0.0384. The summed E-state index contributed by atoms with van der Waals surface area (Å²) in [6.07, 6.45) is 1.86. The molecule has 0 unspecified atom stereocenters. The van der Waals surface area contributed by atoms with Gasteiger partial charge in [-0.2, -0.15) is 0 Å². The highest BCUT2D eigenvalue weighted by Gasteiger charge is 2.18. The Labute approximate surface area is 170 Å². The fourth-order valence-electron chi connectivity index (χ4n) is 4.08. The Morgan fingerprint density at radius 1 is 0.966 bits per heavy atom. The lowest BCUT2D eigenvalue weighted by molar-refractivity contribution is 0.671. The molecule has 0 spiro atoms. The van der Waals surface area contributed by atoms with Crippen LogP contribution in [0.5, 0.6) is 0 Å². The highest BCUT2D eigenvalue weighted by Crippen LogP contribution is 2.33. The Bertz CT molecular complexity index is 1230. The van der Waals surface area contributed by atoms with E-state index >= 15 is 0 Å². The van der Waals surface area contributed by atoms with Crippen molar-refractivity contribution in [3.8, 4) is 22.5 Å². The number of nitrogens with zero attached hydrogens (tertiary/aromatic N) is 4. The number of hydrogen-bond acceptors (Lipinski definition) is 3. The van der Waals surface area contributed by atoms with E-state index in [-0.39, 0.29) is 5.69 Å². The van der Waals surface area contributed by atoms with Crippen molar-refractivity contribution in [3.05, 3.63) is 64.8 Å². The molecule has 6 heteroatoms. The number of aromatic nitrogens is 4. The molecule has 0 fully saturated rings. The Morgan fingerprint density at radius 2 is 1.72 bits per heavy atom. The van der Waals surface area contributed by atoms with Crippen LogP contribution in [0.1, 0.15) is 19.4 Å². The molecular weight excluding hydrogens is 362 g/mol. The molecule has 2 aromatic carbocycles. The Morgan fingerprint density at radius 3 is 2.41 bits per heavy atom. The van der Waals surface area contributed by atoms with Crippen molar-refractivity contribution in [1.29, 1.82) is 0 Å². The molecule has 2 N–H and O–H groups in total. The summed E-state index contributed by atoms with van der Waals surface area (Å²) in [5.74, 6) is 0. The maximum atomic E-state index is 12.7. The van der Waals surface area contributed by atoms with Crippen LogP contribution in [0.15, 0.2) is 53.6 Å². The van der Waals surface area contributed by atoms with Gasteiger partial charge in [-0.15, -0.1) is 0 Å². The summed E-state index contributed by atoms with van der Waals surface area (Å²) < 4.78 is 5.75. The third-order valence-electron chi connectivity index (χ3n) is 5.42. The zero-order chi connectivity index (χ0) is 20.5. The molecule has 6 nitrogen and oxygen atoms in total. The van der Waals surface area contributed by atoms with E-state index < -0.39 is 0 Å². The van der Waals surface area contributed by atoms with E-state index in [1.807, 2.05) is 35.4 Å². The number of aryl methyl sites for hydroxylation is 3. The van der Waals surface area contributed by atoms with E-state index in [0.717, 1.165) is 33.5 Å². The minimum Gasteiger partial charge on any atom is -0.329 e. The molecular formula is C23H27N5O. The summed E-state index contributed by atoms with van der Waals surface area (Å²) >= 11 is 0. The van der Waals surface area contributed by atoms with Gasteiger partial charge in [-0.25, -0.2) is 9.78 Å². The highest BCUT2D eigenvalue weighted by atomic mass is 16.1. The predicted molar refractivity (Wildman–Crippen MR) is 118 cm³/mol. The van der Waals surface area contributed by atoms with Gasteiger partial charge in [0.05, 0.1) is 28.7 Å². The van der Waals surface area contributed by atoms with Gasteiger partial charge in [0.15, 0.2) is 0 Å². The third kappa shape index (κ3) is 3.19. The smallest absolute Gasteiger partial charge is 0.329 e. The minimum absolute atomic E-state index is 0.0384. The van der Waals surface area contributed by atoms with Crippen molar-refractivity contribution in [2.75, 3.05) is 6.54 Å². The van der Waals surface area contributed by atoms with Gasteiger partial charge in [0.2, 0.25) is 0 Å². The molecule has 29 heavy (non-hydrogen) atoms. The van der Waals surface area contributed by atoms with Gasteiger partial charge in [-0.1, -0.05) is 29.8 Å². The fourth-order valence-corrected chi connectivity index (χ4v) is 4.08. The molecule has 0 atom stereocenters. The predicted octanol–water partition coefficient (Wildman–Crippen LogP) is 3.64. The normalized spacial score (nSPS) is 11.4. The topological polar surface area (TPSA) is 70.8 Å².